The van der Waals surface area contributed by atoms with Gasteiger partial charge in [-0.1, -0.05) is 25.4 Å². The number of hydrogen-bond acceptors (Lipinski definition) is 2. The van der Waals surface area contributed by atoms with E-state index >= 15 is 0 Å². The number of hydrogen-bond donors (Lipinski definition) is 0. The van der Waals surface area contributed by atoms with Crippen LogP contribution in [-0.4, -0.2) is 28.9 Å². The number of rotatable bonds is 1. The van der Waals surface area contributed by atoms with E-state index in [4.69, 9.17) is 11.6 Å². The fraction of sp³-hybridized carbons (Fsp3) is 0.538. The quantitative estimate of drug-likeness (QED) is 0.720. The van der Waals surface area contributed by atoms with Gasteiger partial charge >= 0.3 is 0 Å². The molecule has 1 fully saturated rings. The molecule has 1 saturated heterocycles. The Bertz CT molecular complexity index is 412. The van der Waals surface area contributed by atoms with Crippen molar-refractivity contribution in [2.75, 3.05) is 13.1 Å². The Morgan fingerprint density at radius 3 is 2.65 bits per heavy atom. The van der Waals surface area contributed by atoms with E-state index in [1.54, 1.807) is 18.3 Å². The molecule has 3 nitrogen and oxygen atoms in total. The van der Waals surface area contributed by atoms with E-state index in [9.17, 15) is 4.79 Å². The van der Waals surface area contributed by atoms with E-state index in [2.05, 4.69) is 18.8 Å². The molecule has 1 aromatic heterocycles. The van der Waals surface area contributed by atoms with Gasteiger partial charge in [0.2, 0.25) is 0 Å². The second-order valence-electron chi connectivity index (χ2n) is 5.00. The molecule has 1 amide bonds. The Morgan fingerprint density at radius 2 is 2.06 bits per heavy atom. The highest BCUT2D eigenvalue weighted by molar-refractivity contribution is 6.32. The molecule has 1 aliphatic rings. The molecule has 1 aromatic rings. The van der Waals surface area contributed by atoms with Crippen LogP contribution < -0.4 is 0 Å². The standard InChI is InChI=1S/C13H17ClN2O/c1-9-6-10(2)8-16(7-9)13(17)11-4-3-5-15-12(11)14/h3-5,9-10H,6-8H2,1-2H3. The predicted octanol–water partition coefficient (Wildman–Crippen LogP) is 2.85. The lowest BCUT2D eigenvalue weighted by molar-refractivity contribution is 0.0623. The van der Waals surface area contributed by atoms with Gasteiger partial charge in [-0.25, -0.2) is 4.98 Å². The van der Waals surface area contributed by atoms with E-state index in [1.165, 1.54) is 6.42 Å². The number of amides is 1. The molecule has 2 unspecified atom stereocenters. The summed E-state index contributed by atoms with van der Waals surface area (Å²) in [4.78, 5) is 18.2. The molecule has 0 saturated carbocycles. The average molecular weight is 253 g/mol. The first-order valence-corrected chi connectivity index (χ1v) is 6.35. The van der Waals surface area contributed by atoms with Crippen LogP contribution in [0, 0.1) is 11.8 Å². The van der Waals surface area contributed by atoms with Gasteiger partial charge in [0.25, 0.3) is 5.91 Å². The first-order chi connectivity index (χ1) is 8.08. The molecule has 0 bridgehead atoms. The summed E-state index contributed by atoms with van der Waals surface area (Å²) in [6.45, 7) is 5.99. The number of pyridine rings is 1. The zero-order valence-corrected chi connectivity index (χ0v) is 10.9. The maximum atomic E-state index is 12.3. The summed E-state index contributed by atoms with van der Waals surface area (Å²) in [5.41, 5.74) is 0.510. The van der Waals surface area contributed by atoms with Crippen molar-refractivity contribution >= 4 is 17.5 Å². The lowest BCUT2D eigenvalue weighted by Gasteiger charge is -2.35. The van der Waals surface area contributed by atoms with Gasteiger partial charge in [-0.2, -0.15) is 0 Å². The molecular weight excluding hydrogens is 236 g/mol. The van der Waals surface area contributed by atoms with Crippen LogP contribution in [0.15, 0.2) is 18.3 Å². The fourth-order valence-electron chi connectivity index (χ4n) is 2.54. The number of likely N-dealkylation sites (tertiary alicyclic amines) is 1. The Morgan fingerprint density at radius 1 is 1.41 bits per heavy atom. The highest BCUT2D eigenvalue weighted by Crippen LogP contribution is 2.23. The molecule has 17 heavy (non-hydrogen) atoms. The van der Waals surface area contributed by atoms with Crippen molar-refractivity contribution in [3.63, 3.8) is 0 Å². The third kappa shape index (κ3) is 2.78. The lowest BCUT2D eigenvalue weighted by Crippen LogP contribution is -2.42. The minimum Gasteiger partial charge on any atom is -0.338 e. The van der Waals surface area contributed by atoms with Crippen LogP contribution in [0.5, 0.6) is 0 Å². The van der Waals surface area contributed by atoms with Crippen LogP contribution in [0.3, 0.4) is 0 Å². The second-order valence-corrected chi connectivity index (χ2v) is 5.36. The maximum absolute atomic E-state index is 12.3. The van der Waals surface area contributed by atoms with Gasteiger partial charge in [0.15, 0.2) is 0 Å². The highest BCUT2D eigenvalue weighted by Gasteiger charge is 2.27. The van der Waals surface area contributed by atoms with Crippen LogP contribution in [0.4, 0.5) is 0 Å². The van der Waals surface area contributed by atoms with Gasteiger partial charge in [-0.15, -0.1) is 0 Å². The number of nitrogens with zero attached hydrogens (tertiary/aromatic N) is 2. The molecular formula is C13H17ClN2O. The predicted molar refractivity (Wildman–Crippen MR) is 68.1 cm³/mol. The molecule has 2 rings (SSSR count). The third-order valence-corrected chi connectivity index (χ3v) is 3.45. The number of aromatic nitrogens is 1. The van der Waals surface area contributed by atoms with Crippen LogP contribution in [0.2, 0.25) is 5.15 Å². The molecule has 0 radical (unpaired) electrons. The van der Waals surface area contributed by atoms with Gasteiger partial charge in [-0.3, -0.25) is 4.79 Å². The fourth-order valence-corrected chi connectivity index (χ4v) is 2.74. The van der Waals surface area contributed by atoms with Gasteiger partial charge in [0.1, 0.15) is 5.15 Å². The molecule has 0 aromatic carbocycles. The number of halogens is 1. The van der Waals surface area contributed by atoms with Crippen molar-refractivity contribution < 1.29 is 4.79 Å². The van der Waals surface area contributed by atoms with Gasteiger partial charge in [0.05, 0.1) is 5.56 Å². The first kappa shape index (κ1) is 12.4. The monoisotopic (exact) mass is 252 g/mol. The summed E-state index contributed by atoms with van der Waals surface area (Å²) < 4.78 is 0. The van der Waals surface area contributed by atoms with E-state index < -0.39 is 0 Å². The number of carbonyl (C=O) groups excluding carboxylic acids is 1. The van der Waals surface area contributed by atoms with Crippen LogP contribution in [0.25, 0.3) is 0 Å². The summed E-state index contributed by atoms with van der Waals surface area (Å²) >= 11 is 5.95. The Hall–Kier alpha value is -1.09. The van der Waals surface area contributed by atoms with Crippen LogP contribution in [0.1, 0.15) is 30.6 Å². The molecule has 0 N–H and O–H groups in total. The Balaban J connectivity index is 2.17. The zero-order valence-electron chi connectivity index (χ0n) is 10.2. The average Bonchev–Trinajstić information content (AvgIpc) is 2.27. The smallest absolute Gasteiger partial charge is 0.257 e. The summed E-state index contributed by atoms with van der Waals surface area (Å²) in [5, 5.41) is 0.295. The van der Waals surface area contributed by atoms with Crippen molar-refractivity contribution in [2.45, 2.75) is 20.3 Å². The Labute approximate surface area is 107 Å². The van der Waals surface area contributed by atoms with E-state index in [0.29, 0.717) is 22.6 Å². The van der Waals surface area contributed by atoms with E-state index in [1.807, 2.05) is 4.90 Å². The summed E-state index contributed by atoms with van der Waals surface area (Å²) in [6.07, 6.45) is 2.78. The maximum Gasteiger partial charge on any atom is 0.257 e. The van der Waals surface area contributed by atoms with E-state index in [-0.39, 0.29) is 5.91 Å². The Kier molecular flexibility index (Phi) is 3.67. The normalized spacial score (nSPS) is 24.8. The second kappa shape index (κ2) is 5.05. The zero-order chi connectivity index (χ0) is 12.4. The molecule has 2 atom stereocenters. The van der Waals surface area contributed by atoms with Gasteiger partial charge in [0, 0.05) is 19.3 Å². The molecule has 92 valence electrons. The molecule has 4 heteroatoms. The van der Waals surface area contributed by atoms with Gasteiger partial charge < -0.3 is 4.90 Å². The summed E-state index contributed by atoms with van der Waals surface area (Å²) in [5.74, 6) is 1.11. The summed E-state index contributed by atoms with van der Waals surface area (Å²) in [6, 6.07) is 3.48. The molecule has 2 heterocycles. The van der Waals surface area contributed by atoms with E-state index in [0.717, 1.165) is 13.1 Å². The summed E-state index contributed by atoms with van der Waals surface area (Å²) in [7, 11) is 0. The molecule has 1 aliphatic heterocycles. The lowest BCUT2D eigenvalue weighted by atomic mass is 9.91. The minimum absolute atomic E-state index is 0.00139. The third-order valence-electron chi connectivity index (χ3n) is 3.15. The van der Waals surface area contributed by atoms with Crippen molar-refractivity contribution in [1.29, 1.82) is 0 Å². The first-order valence-electron chi connectivity index (χ1n) is 5.97. The highest BCUT2D eigenvalue weighted by atomic mass is 35.5. The van der Waals surface area contributed by atoms with Crippen molar-refractivity contribution in [3.05, 3.63) is 29.0 Å². The van der Waals surface area contributed by atoms with Crippen molar-refractivity contribution in [3.8, 4) is 0 Å². The SMILES string of the molecule is CC1CC(C)CN(C(=O)c2cccnc2Cl)C1. The number of carbonyl (C=O) groups is 1. The molecule has 0 aliphatic carbocycles. The molecule has 0 spiro atoms. The van der Waals surface area contributed by atoms with Crippen molar-refractivity contribution in [2.24, 2.45) is 11.8 Å². The van der Waals surface area contributed by atoms with Crippen LogP contribution in [-0.2, 0) is 0 Å². The topological polar surface area (TPSA) is 33.2 Å². The van der Waals surface area contributed by atoms with Crippen LogP contribution >= 0.6 is 11.6 Å². The number of piperidine rings is 1. The van der Waals surface area contributed by atoms with Gasteiger partial charge in [-0.05, 0) is 30.4 Å². The minimum atomic E-state index is 0.00139. The largest absolute Gasteiger partial charge is 0.338 e. The van der Waals surface area contributed by atoms with Crippen molar-refractivity contribution in [1.82, 2.24) is 9.88 Å².